The van der Waals surface area contributed by atoms with Crippen molar-refractivity contribution in [1.82, 2.24) is 9.78 Å². The molecule has 0 saturated carbocycles. The van der Waals surface area contributed by atoms with E-state index in [4.69, 9.17) is 11.6 Å². The number of hydrogen-bond donors (Lipinski definition) is 1. The number of nitrogens with one attached hydrogen (secondary N) is 1. The molecule has 1 heterocycles. The van der Waals surface area contributed by atoms with Crippen molar-refractivity contribution in [2.24, 2.45) is 7.05 Å². The molecular weight excluding hydrogens is 235 g/mol. The third-order valence-corrected chi connectivity index (χ3v) is 1.74. The number of amides is 1. The van der Waals surface area contributed by atoms with E-state index in [0.717, 1.165) is 10.9 Å². The summed E-state index contributed by atoms with van der Waals surface area (Å²) in [5.41, 5.74) is -1.53. The number of hydrogen-bond acceptors (Lipinski definition) is 2. The summed E-state index contributed by atoms with van der Waals surface area (Å²) in [5, 5.41) is 5.22. The zero-order chi connectivity index (χ0) is 11.6. The molecule has 8 heteroatoms. The van der Waals surface area contributed by atoms with Gasteiger partial charge in [0, 0.05) is 13.2 Å². The Morgan fingerprint density at radius 2 is 2.27 bits per heavy atom. The van der Waals surface area contributed by atoms with Gasteiger partial charge in [-0.05, 0) is 0 Å². The summed E-state index contributed by atoms with van der Waals surface area (Å²) in [7, 11) is 1.32. The lowest BCUT2D eigenvalue weighted by molar-refractivity contribution is -0.140. The van der Waals surface area contributed by atoms with E-state index in [2.05, 4.69) is 5.10 Å². The standard InChI is InChI=1S/C7H7ClF3N3O/c1-14-3-4(12-5(15)2-8)6(13-14)7(9,10)11/h3H,2H2,1H3,(H,12,15). The molecule has 1 N–H and O–H groups in total. The van der Waals surface area contributed by atoms with Crippen LogP contribution in [0.4, 0.5) is 18.9 Å². The van der Waals surface area contributed by atoms with Crippen molar-refractivity contribution < 1.29 is 18.0 Å². The molecule has 1 rings (SSSR count). The molecule has 0 saturated heterocycles. The molecule has 4 nitrogen and oxygen atoms in total. The van der Waals surface area contributed by atoms with Crippen LogP contribution < -0.4 is 5.32 Å². The van der Waals surface area contributed by atoms with Gasteiger partial charge in [-0.3, -0.25) is 9.48 Å². The van der Waals surface area contributed by atoms with Crippen molar-refractivity contribution >= 4 is 23.2 Å². The topological polar surface area (TPSA) is 46.9 Å². The Morgan fingerprint density at radius 3 is 2.73 bits per heavy atom. The molecular formula is C7H7ClF3N3O. The first-order valence-corrected chi connectivity index (χ1v) is 4.34. The van der Waals surface area contributed by atoms with Gasteiger partial charge in [0.1, 0.15) is 5.88 Å². The van der Waals surface area contributed by atoms with Gasteiger partial charge in [-0.25, -0.2) is 0 Å². The lowest BCUT2D eigenvalue weighted by atomic mass is 10.3. The van der Waals surface area contributed by atoms with Crippen LogP contribution in [-0.4, -0.2) is 21.6 Å². The van der Waals surface area contributed by atoms with Crippen LogP contribution in [0.5, 0.6) is 0 Å². The van der Waals surface area contributed by atoms with Crippen LogP contribution in [0, 0.1) is 0 Å². The van der Waals surface area contributed by atoms with E-state index in [1.54, 1.807) is 0 Å². The van der Waals surface area contributed by atoms with Gasteiger partial charge in [-0.1, -0.05) is 0 Å². The largest absolute Gasteiger partial charge is 0.437 e. The molecule has 1 aromatic heterocycles. The number of nitrogens with zero attached hydrogens (tertiary/aromatic N) is 2. The number of rotatable bonds is 2. The molecule has 84 valence electrons. The van der Waals surface area contributed by atoms with Crippen molar-refractivity contribution in [2.45, 2.75) is 6.18 Å². The molecule has 0 aliphatic carbocycles. The normalized spacial score (nSPS) is 11.5. The quantitative estimate of drug-likeness (QED) is 0.800. The van der Waals surface area contributed by atoms with E-state index in [-0.39, 0.29) is 0 Å². The third kappa shape index (κ3) is 2.85. The van der Waals surface area contributed by atoms with Crippen LogP contribution in [0.1, 0.15) is 5.69 Å². The second-order valence-corrected chi connectivity index (χ2v) is 3.01. The highest BCUT2D eigenvalue weighted by Crippen LogP contribution is 2.33. The fraction of sp³-hybridized carbons (Fsp3) is 0.429. The Labute approximate surface area is 88.0 Å². The molecule has 0 aromatic carbocycles. The summed E-state index contributed by atoms with van der Waals surface area (Å²) in [6.45, 7) is 0. The number of anilines is 1. The first-order valence-electron chi connectivity index (χ1n) is 3.81. The number of aryl methyl sites for hydroxylation is 1. The predicted octanol–water partition coefficient (Wildman–Crippen LogP) is 1.62. The SMILES string of the molecule is Cn1cc(NC(=O)CCl)c(C(F)(F)F)n1. The van der Waals surface area contributed by atoms with E-state index in [0.29, 0.717) is 0 Å². The number of carbonyl (C=O) groups excluding carboxylic acids is 1. The Hall–Kier alpha value is -1.24. The molecule has 1 amide bonds. The van der Waals surface area contributed by atoms with E-state index >= 15 is 0 Å². The number of carbonyl (C=O) groups is 1. The van der Waals surface area contributed by atoms with Crippen LogP contribution >= 0.6 is 11.6 Å². The van der Waals surface area contributed by atoms with Gasteiger partial charge in [-0.15, -0.1) is 11.6 Å². The molecule has 0 bridgehead atoms. The van der Waals surface area contributed by atoms with Gasteiger partial charge in [0.05, 0.1) is 5.69 Å². The second kappa shape index (κ2) is 4.09. The molecule has 0 spiro atoms. The zero-order valence-electron chi connectivity index (χ0n) is 7.60. The minimum Gasteiger partial charge on any atom is -0.322 e. The smallest absolute Gasteiger partial charge is 0.322 e. The van der Waals surface area contributed by atoms with Crippen molar-refractivity contribution in [3.05, 3.63) is 11.9 Å². The summed E-state index contributed by atoms with van der Waals surface area (Å²) in [5.74, 6) is -1.12. The first kappa shape index (κ1) is 11.8. The van der Waals surface area contributed by atoms with E-state index in [1.807, 2.05) is 5.32 Å². The van der Waals surface area contributed by atoms with Gasteiger partial charge in [0.25, 0.3) is 0 Å². The highest BCUT2D eigenvalue weighted by Gasteiger charge is 2.37. The highest BCUT2D eigenvalue weighted by molar-refractivity contribution is 6.29. The van der Waals surface area contributed by atoms with Crippen molar-refractivity contribution in [3.63, 3.8) is 0 Å². The predicted molar refractivity (Wildman–Crippen MR) is 47.6 cm³/mol. The Morgan fingerprint density at radius 1 is 1.67 bits per heavy atom. The Balaban J connectivity index is 3.02. The zero-order valence-corrected chi connectivity index (χ0v) is 8.35. The molecule has 0 radical (unpaired) electrons. The number of alkyl halides is 4. The van der Waals surface area contributed by atoms with Crippen molar-refractivity contribution in [3.8, 4) is 0 Å². The molecule has 0 unspecified atom stereocenters. The monoisotopic (exact) mass is 241 g/mol. The maximum Gasteiger partial charge on any atom is 0.437 e. The highest BCUT2D eigenvalue weighted by atomic mass is 35.5. The van der Waals surface area contributed by atoms with Crippen LogP contribution in [0.3, 0.4) is 0 Å². The third-order valence-electron chi connectivity index (χ3n) is 1.49. The molecule has 0 fully saturated rings. The van der Waals surface area contributed by atoms with Crippen molar-refractivity contribution in [1.29, 1.82) is 0 Å². The lowest BCUT2D eigenvalue weighted by Crippen LogP contribution is -2.16. The second-order valence-electron chi connectivity index (χ2n) is 2.74. The molecule has 15 heavy (non-hydrogen) atoms. The van der Waals surface area contributed by atoms with Crippen LogP contribution in [-0.2, 0) is 18.0 Å². The van der Waals surface area contributed by atoms with Crippen LogP contribution in [0.2, 0.25) is 0 Å². The maximum absolute atomic E-state index is 12.4. The first-order chi connectivity index (χ1) is 6.84. The van der Waals surface area contributed by atoms with E-state index < -0.39 is 29.3 Å². The molecule has 0 aliphatic heterocycles. The summed E-state index contributed by atoms with van der Waals surface area (Å²) in [6, 6.07) is 0. The van der Waals surface area contributed by atoms with Gasteiger partial charge < -0.3 is 5.32 Å². The van der Waals surface area contributed by atoms with Gasteiger partial charge >= 0.3 is 6.18 Å². The fourth-order valence-electron chi connectivity index (χ4n) is 0.973. The minimum absolute atomic E-state index is 0.393. The average Bonchev–Trinajstić information content (AvgIpc) is 2.45. The summed E-state index contributed by atoms with van der Waals surface area (Å²) in [4.78, 5) is 10.8. The molecule has 0 aliphatic rings. The number of aromatic nitrogens is 2. The van der Waals surface area contributed by atoms with E-state index in [9.17, 15) is 18.0 Å². The Bertz CT molecular complexity index is 374. The summed E-state index contributed by atoms with van der Waals surface area (Å²) >= 11 is 5.15. The van der Waals surface area contributed by atoms with Gasteiger partial charge in [-0.2, -0.15) is 18.3 Å². The summed E-state index contributed by atoms with van der Waals surface area (Å²) < 4.78 is 38.0. The van der Waals surface area contributed by atoms with Gasteiger partial charge in [0.15, 0.2) is 5.69 Å². The molecule has 1 aromatic rings. The van der Waals surface area contributed by atoms with Crippen molar-refractivity contribution in [2.75, 3.05) is 11.2 Å². The summed E-state index contributed by atoms with van der Waals surface area (Å²) in [6.07, 6.45) is -3.54. The lowest BCUT2D eigenvalue weighted by Gasteiger charge is -2.05. The van der Waals surface area contributed by atoms with Gasteiger partial charge in [0.2, 0.25) is 5.91 Å². The number of halogens is 4. The Kier molecular flexibility index (Phi) is 3.23. The maximum atomic E-state index is 12.4. The van der Waals surface area contributed by atoms with Crippen LogP contribution in [0.15, 0.2) is 6.20 Å². The molecule has 0 atom stereocenters. The minimum atomic E-state index is -4.60. The van der Waals surface area contributed by atoms with Crippen LogP contribution in [0.25, 0.3) is 0 Å². The fourth-order valence-corrected chi connectivity index (χ4v) is 1.04. The average molecular weight is 242 g/mol. The van der Waals surface area contributed by atoms with E-state index in [1.165, 1.54) is 7.05 Å².